The van der Waals surface area contributed by atoms with Crippen LogP contribution in [-0.2, 0) is 24.1 Å². The number of ketones is 1. The van der Waals surface area contributed by atoms with Crippen molar-refractivity contribution in [1.29, 1.82) is 0 Å². The number of allylic oxidation sites excluding steroid dienone is 2. The molecule has 6 N–H and O–H groups in total. The SMILES string of the molecule is CCCCCC(C(=O)CCc1ccc2c(c1)OC1C(C#CC(O)c3ccc4c(c3CC3=C5CN1C=C5N=C3)CCNC4N)C1(C#CO2)CCCC1)C(O)C1C=CC(C)CC1O. The third kappa shape index (κ3) is 8.22. The van der Waals surface area contributed by atoms with Gasteiger partial charge in [0.1, 0.15) is 18.0 Å². The molecule has 2 aliphatic carbocycles. The second kappa shape index (κ2) is 17.6. The molecule has 5 heterocycles. The summed E-state index contributed by atoms with van der Waals surface area (Å²) in [5, 5.41) is 37.9. The van der Waals surface area contributed by atoms with Gasteiger partial charge in [0.2, 0.25) is 0 Å². The minimum Gasteiger partial charge on any atom is -0.465 e. The molecule has 61 heavy (non-hydrogen) atoms. The molecule has 10 heteroatoms. The van der Waals surface area contributed by atoms with E-state index in [1.165, 1.54) is 5.56 Å². The Balaban J connectivity index is 1.04. The molecule has 10 nitrogen and oxygen atoms in total. The van der Waals surface area contributed by atoms with Gasteiger partial charge in [-0.3, -0.25) is 15.1 Å². The smallest absolute Gasteiger partial charge is 0.187 e. The van der Waals surface area contributed by atoms with Crippen molar-refractivity contribution in [2.45, 2.75) is 128 Å². The number of ether oxygens (including phenoxy) is 2. The number of carbonyl (C=O) groups excluding carboxylic acids is 1. The second-order valence-corrected chi connectivity index (χ2v) is 18.5. The van der Waals surface area contributed by atoms with Gasteiger partial charge < -0.3 is 35.4 Å². The van der Waals surface area contributed by atoms with Gasteiger partial charge in [0.15, 0.2) is 17.7 Å². The molecule has 2 bridgehead atoms. The first-order valence-electron chi connectivity index (χ1n) is 22.7. The van der Waals surface area contributed by atoms with E-state index in [0.717, 1.165) is 97.0 Å². The first-order chi connectivity index (χ1) is 29.6. The first-order valence-corrected chi connectivity index (χ1v) is 22.7. The molecule has 0 saturated heterocycles. The van der Waals surface area contributed by atoms with Gasteiger partial charge in [-0.1, -0.05) is 94.1 Å². The standard InChI is InChI=1S/C51H60N4O6/c1-3-4-5-8-37(48(59)38-12-9-31(2)25-45(38)58)44(57)16-10-32-11-18-46-47(26-32)61-50-41(51(22-24-60-46)20-6-7-21-51)15-17-43(56)35-13-14-36-34(19-23-53-49(36)52)39(35)27-33-28-54-42-30-55(50)29-40(33)42/h9,11-14,18,26,28,30-31,37-38,41,43,45,48-50,53,56,58-59H,3-8,10,16,19-21,23,25,27,29,52H2,1-2H3. The van der Waals surface area contributed by atoms with Crippen molar-refractivity contribution in [3.05, 3.63) is 93.3 Å². The number of aliphatic hydroxyl groups excluding tert-OH is 3. The normalized spacial score (nSPS) is 28.9. The predicted molar refractivity (Wildman–Crippen MR) is 235 cm³/mol. The number of aliphatic imine (C=N–C) groups is 1. The van der Waals surface area contributed by atoms with Crippen LogP contribution < -0.4 is 20.5 Å². The number of nitrogens with zero attached hydrogens (tertiary/aromatic N) is 2. The third-order valence-corrected chi connectivity index (χ3v) is 14.4. The van der Waals surface area contributed by atoms with Crippen molar-refractivity contribution in [1.82, 2.24) is 10.2 Å². The van der Waals surface area contributed by atoms with Crippen molar-refractivity contribution >= 4 is 12.0 Å². The zero-order chi connectivity index (χ0) is 42.3. The summed E-state index contributed by atoms with van der Waals surface area (Å²) in [6.07, 6.45) is 17.4. The number of nitrogens with one attached hydrogen (secondary N) is 1. The Morgan fingerprint density at radius 3 is 2.74 bits per heavy atom. The number of aryl methyl sites for hydroxylation is 1. The van der Waals surface area contributed by atoms with Gasteiger partial charge in [-0.2, -0.15) is 0 Å². The monoisotopic (exact) mass is 824 g/mol. The third-order valence-electron chi connectivity index (χ3n) is 14.4. The zero-order valence-corrected chi connectivity index (χ0v) is 35.5. The average Bonchev–Trinajstić information content (AvgIpc) is 4.00. The van der Waals surface area contributed by atoms with Gasteiger partial charge in [-0.25, -0.2) is 0 Å². The molecular weight excluding hydrogens is 765 g/mol. The van der Waals surface area contributed by atoms with Gasteiger partial charge in [0.05, 0.1) is 35.4 Å². The number of rotatable bonds is 10. The molecule has 7 aliphatic rings. The molecule has 0 amide bonds. The van der Waals surface area contributed by atoms with Crippen LogP contribution in [0, 0.1) is 53.0 Å². The number of benzene rings is 2. The van der Waals surface area contributed by atoms with E-state index in [2.05, 4.69) is 54.1 Å². The fourth-order valence-corrected chi connectivity index (χ4v) is 10.9. The Labute approximate surface area is 360 Å². The number of aliphatic hydroxyl groups is 3. The van der Waals surface area contributed by atoms with Gasteiger partial charge in [-0.05, 0) is 90.0 Å². The van der Waals surface area contributed by atoms with Gasteiger partial charge >= 0.3 is 0 Å². The van der Waals surface area contributed by atoms with Crippen molar-refractivity contribution < 1.29 is 29.6 Å². The largest absolute Gasteiger partial charge is 0.465 e. The maximum Gasteiger partial charge on any atom is 0.187 e. The van der Waals surface area contributed by atoms with E-state index in [1.54, 1.807) is 0 Å². The Kier molecular flexibility index (Phi) is 12.0. The number of unbranched alkanes of at least 4 members (excludes halogenated alkanes) is 2. The van der Waals surface area contributed by atoms with Crippen molar-refractivity contribution in [2.24, 2.45) is 39.8 Å². The van der Waals surface area contributed by atoms with Crippen LogP contribution in [0.1, 0.15) is 118 Å². The summed E-state index contributed by atoms with van der Waals surface area (Å²) in [5.74, 6) is 10.3. The molecule has 2 aromatic carbocycles. The Morgan fingerprint density at radius 1 is 1.08 bits per heavy atom. The van der Waals surface area contributed by atoms with Crippen molar-refractivity contribution in [2.75, 3.05) is 13.1 Å². The van der Waals surface area contributed by atoms with E-state index in [4.69, 9.17) is 20.2 Å². The van der Waals surface area contributed by atoms with E-state index in [1.807, 2.05) is 48.7 Å². The Bertz CT molecular complexity index is 2280. The zero-order valence-electron chi connectivity index (χ0n) is 35.5. The highest BCUT2D eigenvalue weighted by Crippen LogP contribution is 2.49. The van der Waals surface area contributed by atoms with Crippen LogP contribution in [0.3, 0.4) is 0 Å². The predicted octanol–water partition coefficient (Wildman–Crippen LogP) is 6.49. The van der Waals surface area contributed by atoms with Gasteiger partial charge in [-0.15, -0.1) is 0 Å². The summed E-state index contributed by atoms with van der Waals surface area (Å²) in [5.41, 5.74) is 14.2. The maximum atomic E-state index is 14.0. The van der Waals surface area contributed by atoms with Crippen LogP contribution in [0.15, 0.2) is 70.5 Å². The summed E-state index contributed by atoms with van der Waals surface area (Å²) in [6, 6.07) is 9.81. The van der Waals surface area contributed by atoms with Crippen LogP contribution in [0.25, 0.3) is 0 Å². The average molecular weight is 825 g/mol. The lowest BCUT2D eigenvalue weighted by Gasteiger charge is -2.39. The van der Waals surface area contributed by atoms with E-state index in [9.17, 15) is 20.1 Å². The van der Waals surface area contributed by atoms with Crippen molar-refractivity contribution in [3.8, 4) is 35.4 Å². The highest BCUT2D eigenvalue weighted by molar-refractivity contribution is 5.88. The molecule has 1 saturated carbocycles. The Hall–Kier alpha value is -4.68. The molecule has 2 aromatic rings. The lowest BCUT2D eigenvalue weighted by atomic mass is 9.73. The van der Waals surface area contributed by atoms with Crippen LogP contribution in [0.4, 0.5) is 0 Å². The molecule has 9 rings (SSSR count). The van der Waals surface area contributed by atoms with Crippen LogP contribution in [-0.4, -0.2) is 63.7 Å². The molecule has 0 radical (unpaired) electrons. The molecule has 320 valence electrons. The van der Waals surface area contributed by atoms with Crippen molar-refractivity contribution in [3.63, 3.8) is 0 Å². The summed E-state index contributed by atoms with van der Waals surface area (Å²) < 4.78 is 13.4. The lowest BCUT2D eigenvalue weighted by Crippen LogP contribution is -2.47. The summed E-state index contributed by atoms with van der Waals surface area (Å²) in [4.78, 5) is 21.2. The number of nitrogens with two attached hydrogens (primary N) is 1. The molecule has 1 spiro atoms. The maximum absolute atomic E-state index is 14.0. The molecule has 9 atom stereocenters. The highest BCUT2D eigenvalue weighted by atomic mass is 16.5. The van der Waals surface area contributed by atoms with E-state index in [0.29, 0.717) is 43.7 Å². The summed E-state index contributed by atoms with van der Waals surface area (Å²) in [7, 11) is 0. The first kappa shape index (κ1) is 41.7. The fraction of sp³-hybridized carbons (Fsp3) is 0.529. The number of hydrogen-bond donors (Lipinski definition) is 5. The second-order valence-electron chi connectivity index (χ2n) is 18.5. The number of carbonyl (C=O) groups is 1. The molecular formula is C51H60N4O6. The lowest BCUT2D eigenvalue weighted by molar-refractivity contribution is -0.129. The number of fused-ring (bicyclic) bond motifs is 8. The molecule has 1 fully saturated rings. The highest BCUT2D eigenvalue weighted by Gasteiger charge is 2.48. The quantitative estimate of drug-likeness (QED) is 0.103. The number of hydrogen-bond acceptors (Lipinski definition) is 10. The van der Waals surface area contributed by atoms with Crippen LogP contribution in [0.2, 0.25) is 0 Å². The van der Waals surface area contributed by atoms with Crippen LogP contribution >= 0.6 is 0 Å². The summed E-state index contributed by atoms with van der Waals surface area (Å²) >= 11 is 0. The Morgan fingerprint density at radius 2 is 1.92 bits per heavy atom. The topological polar surface area (TPSA) is 150 Å². The number of Topliss-reactive ketones (excluding diaryl/α,β-unsaturated/α-hetero) is 1. The van der Waals surface area contributed by atoms with E-state index >= 15 is 0 Å². The molecule has 0 aromatic heterocycles. The fourth-order valence-electron chi connectivity index (χ4n) is 10.9. The molecule has 5 aliphatic heterocycles. The minimum absolute atomic E-state index is 0.00672. The van der Waals surface area contributed by atoms with Gasteiger partial charge in [0, 0.05) is 55.8 Å². The van der Waals surface area contributed by atoms with E-state index < -0.39 is 47.7 Å². The molecule has 9 unspecified atom stereocenters. The van der Waals surface area contributed by atoms with Gasteiger partial charge in [0.25, 0.3) is 0 Å². The minimum atomic E-state index is -1.03. The van der Waals surface area contributed by atoms with E-state index in [-0.39, 0.29) is 24.3 Å². The van der Waals surface area contributed by atoms with Crippen LogP contribution in [0.5, 0.6) is 11.5 Å². The summed E-state index contributed by atoms with van der Waals surface area (Å²) in [6.45, 7) is 5.53.